The van der Waals surface area contributed by atoms with Gasteiger partial charge in [0.2, 0.25) is 0 Å². The van der Waals surface area contributed by atoms with Crippen molar-refractivity contribution in [3.05, 3.63) is 11.1 Å². The highest BCUT2D eigenvalue weighted by Gasteiger charge is 2.38. The Kier molecular flexibility index (Phi) is 1.42. The van der Waals surface area contributed by atoms with Gasteiger partial charge in [-0.25, -0.2) is 0 Å². The second-order valence-corrected chi connectivity index (χ2v) is 5.22. The van der Waals surface area contributed by atoms with Gasteiger partial charge in [-0.1, -0.05) is 18.1 Å². The molecule has 3 aliphatic rings. The van der Waals surface area contributed by atoms with E-state index in [2.05, 4.69) is 6.92 Å². The summed E-state index contributed by atoms with van der Waals surface area (Å²) < 4.78 is 0. The van der Waals surface area contributed by atoms with Crippen LogP contribution in [0.3, 0.4) is 0 Å². The fourth-order valence-corrected chi connectivity index (χ4v) is 3.42. The summed E-state index contributed by atoms with van der Waals surface area (Å²) in [5.41, 5.74) is 3.78. The number of allylic oxidation sites excluding steroid dienone is 2. The molecule has 0 nitrogen and oxygen atoms in total. The van der Waals surface area contributed by atoms with E-state index in [1.807, 2.05) is 11.1 Å². The molecule has 0 aromatic heterocycles. The molecule has 3 atom stereocenters. The van der Waals surface area contributed by atoms with Gasteiger partial charge in [0.1, 0.15) is 0 Å². The topological polar surface area (TPSA) is 0 Å². The summed E-state index contributed by atoms with van der Waals surface area (Å²) in [4.78, 5) is 0. The zero-order valence-corrected chi connectivity index (χ0v) is 7.97. The minimum Gasteiger partial charge on any atom is -0.0702 e. The smallest absolute Gasteiger partial charge is 0.0163 e. The Morgan fingerprint density at radius 1 is 1.08 bits per heavy atom. The standard InChI is InChI=1S/C12H18/c1-8-4-9-2-3-10-7-12(10)11(5-8)6-9/h8-10H,2-7H2,1H3. The number of hydrogen-bond acceptors (Lipinski definition) is 0. The van der Waals surface area contributed by atoms with E-state index in [9.17, 15) is 0 Å². The molecule has 0 heterocycles. The van der Waals surface area contributed by atoms with Crippen LogP contribution in [0.15, 0.2) is 11.1 Å². The van der Waals surface area contributed by atoms with E-state index in [0.717, 1.165) is 17.8 Å². The molecule has 0 heteroatoms. The van der Waals surface area contributed by atoms with Crippen LogP contribution in [0.1, 0.15) is 45.4 Å². The van der Waals surface area contributed by atoms with Gasteiger partial charge in [-0.2, -0.15) is 0 Å². The van der Waals surface area contributed by atoms with E-state index in [0.29, 0.717) is 0 Å². The fraction of sp³-hybridized carbons (Fsp3) is 0.833. The van der Waals surface area contributed by atoms with Gasteiger partial charge in [0.25, 0.3) is 0 Å². The highest BCUT2D eigenvalue weighted by molar-refractivity contribution is 5.32. The second-order valence-electron chi connectivity index (χ2n) is 5.22. The van der Waals surface area contributed by atoms with E-state index < -0.39 is 0 Å². The zero-order chi connectivity index (χ0) is 8.13. The zero-order valence-electron chi connectivity index (χ0n) is 7.97. The average Bonchev–Trinajstić information content (AvgIpc) is 2.77. The van der Waals surface area contributed by atoms with Crippen molar-refractivity contribution in [2.45, 2.75) is 45.4 Å². The Morgan fingerprint density at radius 2 is 2.00 bits per heavy atom. The van der Waals surface area contributed by atoms with Crippen molar-refractivity contribution >= 4 is 0 Å². The average molecular weight is 162 g/mol. The van der Waals surface area contributed by atoms with Crippen LogP contribution in [0, 0.1) is 17.8 Å². The van der Waals surface area contributed by atoms with Gasteiger partial charge >= 0.3 is 0 Å². The van der Waals surface area contributed by atoms with Crippen molar-refractivity contribution in [2.75, 3.05) is 0 Å². The lowest BCUT2D eigenvalue weighted by Crippen LogP contribution is -2.14. The Labute approximate surface area is 75.0 Å². The van der Waals surface area contributed by atoms with Gasteiger partial charge in [0.05, 0.1) is 0 Å². The van der Waals surface area contributed by atoms with Gasteiger partial charge in [-0.15, -0.1) is 0 Å². The predicted molar refractivity (Wildman–Crippen MR) is 50.9 cm³/mol. The highest BCUT2D eigenvalue weighted by Crippen LogP contribution is 2.53. The molecule has 0 aromatic carbocycles. The molecule has 3 aliphatic carbocycles. The lowest BCUT2D eigenvalue weighted by Gasteiger charge is -2.27. The molecule has 0 spiro atoms. The number of fused-ring (bicyclic) bond motifs is 3. The molecule has 66 valence electrons. The monoisotopic (exact) mass is 162 g/mol. The molecule has 0 aliphatic heterocycles. The maximum atomic E-state index is 2.44. The molecule has 3 unspecified atom stereocenters. The first kappa shape index (κ1) is 7.17. The second kappa shape index (κ2) is 2.37. The molecular formula is C12H18. The van der Waals surface area contributed by atoms with Crippen LogP contribution in [0.2, 0.25) is 0 Å². The summed E-state index contributed by atoms with van der Waals surface area (Å²) in [5.74, 6) is 3.13. The van der Waals surface area contributed by atoms with Crippen molar-refractivity contribution in [3.8, 4) is 0 Å². The first-order valence-electron chi connectivity index (χ1n) is 5.53. The van der Waals surface area contributed by atoms with Gasteiger partial charge in [0, 0.05) is 0 Å². The van der Waals surface area contributed by atoms with Crippen LogP contribution >= 0.6 is 0 Å². The summed E-state index contributed by atoms with van der Waals surface area (Å²) in [6.45, 7) is 2.44. The Morgan fingerprint density at radius 3 is 2.92 bits per heavy atom. The third-order valence-electron chi connectivity index (χ3n) is 4.04. The molecule has 12 heavy (non-hydrogen) atoms. The lowest BCUT2D eigenvalue weighted by atomic mass is 9.78. The first-order chi connectivity index (χ1) is 5.83. The highest BCUT2D eigenvalue weighted by atomic mass is 14.4. The maximum Gasteiger partial charge on any atom is -0.0163 e. The van der Waals surface area contributed by atoms with E-state index in [1.165, 1.54) is 38.5 Å². The van der Waals surface area contributed by atoms with Crippen LogP contribution in [-0.4, -0.2) is 0 Å². The van der Waals surface area contributed by atoms with E-state index in [4.69, 9.17) is 0 Å². The summed E-state index contributed by atoms with van der Waals surface area (Å²) >= 11 is 0. The molecular weight excluding hydrogens is 144 g/mol. The molecule has 2 bridgehead atoms. The summed E-state index contributed by atoms with van der Waals surface area (Å²) in [7, 11) is 0. The molecule has 2 saturated carbocycles. The molecule has 3 rings (SSSR count). The summed E-state index contributed by atoms with van der Waals surface area (Å²) in [6.07, 6.45) is 8.98. The van der Waals surface area contributed by atoms with Gasteiger partial charge in [-0.3, -0.25) is 0 Å². The summed E-state index contributed by atoms with van der Waals surface area (Å²) in [6, 6.07) is 0. The van der Waals surface area contributed by atoms with Crippen LogP contribution < -0.4 is 0 Å². The Bertz CT molecular complexity index is 236. The van der Waals surface area contributed by atoms with E-state index in [1.54, 1.807) is 0 Å². The largest absolute Gasteiger partial charge is 0.0702 e. The Hall–Kier alpha value is -0.260. The fourth-order valence-electron chi connectivity index (χ4n) is 3.42. The van der Waals surface area contributed by atoms with Crippen LogP contribution in [0.4, 0.5) is 0 Å². The van der Waals surface area contributed by atoms with Crippen molar-refractivity contribution in [3.63, 3.8) is 0 Å². The van der Waals surface area contributed by atoms with E-state index in [-0.39, 0.29) is 0 Å². The van der Waals surface area contributed by atoms with Crippen molar-refractivity contribution in [1.29, 1.82) is 0 Å². The van der Waals surface area contributed by atoms with Crippen molar-refractivity contribution in [1.82, 2.24) is 0 Å². The third kappa shape index (κ3) is 1.04. The molecule has 0 amide bonds. The lowest BCUT2D eigenvalue weighted by molar-refractivity contribution is 0.317. The van der Waals surface area contributed by atoms with Gasteiger partial charge in [0.15, 0.2) is 0 Å². The van der Waals surface area contributed by atoms with Crippen molar-refractivity contribution in [2.24, 2.45) is 17.8 Å². The van der Waals surface area contributed by atoms with E-state index >= 15 is 0 Å². The molecule has 0 saturated heterocycles. The molecule has 2 fully saturated rings. The van der Waals surface area contributed by atoms with Crippen LogP contribution in [-0.2, 0) is 0 Å². The maximum absolute atomic E-state index is 2.44. The Balaban J connectivity index is 1.91. The number of hydrogen-bond donors (Lipinski definition) is 0. The number of rotatable bonds is 0. The molecule has 0 N–H and O–H groups in total. The third-order valence-corrected chi connectivity index (χ3v) is 4.04. The summed E-state index contributed by atoms with van der Waals surface area (Å²) in [5, 5.41) is 0. The SMILES string of the molecule is CC1CC2=C3CC3CCC(C2)C1. The quantitative estimate of drug-likeness (QED) is 0.478. The van der Waals surface area contributed by atoms with Gasteiger partial charge < -0.3 is 0 Å². The van der Waals surface area contributed by atoms with Crippen LogP contribution in [0.5, 0.6) is 0 Å². The van der Waals surface area contributed by atoms with Gasteiger partial charge in [-0.05, 0) is 56.3 Å². The van der Waals surface area contributed by atoms with Crippen molar-refractivity contribution < 1.29 is 0 Å². The minimum atomic E-state index is 0.991. The normalized spacial score (nSPS) is 45.2. The van der Waals surface area contributed by atoms with Crippen LogP contribution in [0.25, 0.3) is 0 Å². The minimum absolute atomic E-state index is 0.991. The predicted octanol–water partition coefficient (Wildman–Crippen LogP) is 3.53. The molecule has 0 aromatic rings. The first-order valence-corrected chi connectivity index (χ1v) is 5.53. The molecule has 0 radical (unpaired) electrons.